The van der Waals surface area contributed by atoms with Gasteiger partial charge in [0.1, 0.15) is 12.1 Å². The number of carbonyl (C=O) groups excluding carboxylic acids is 3. The van der Waals surface area contributed by atoms with E-state index in [2.05, 4.69) is 10.6 Å². The number of carbonyl (C=O) groups is 3. The minimum atomic E-state index is -0.693. The molecule has 162 valence electrons. The molecule has 1 aliphatic rings. The molecule has 0 spiro atoms. The highest BCUT2D eigenvalue weighted by Crippen LogP contribution is 2.20. The molecule has 4 N–H and O–H groups in total. The Morgan fingerprint density at radius 2 is 1.93 bits per heavy atom. The van der Waals surface area contributed by atoms with Gasteiger partial charge in [-0.2, -0.15) is 0 Å². The zero-order valence-electron chi connectivity index (χ0n) is 17.6. The molecule has 1 aromatic rings. The van der Waals surface area contributed by atoms with Crippen molar-refractivity contribution in [1.82, 2.24) is 15.5 Å². The second-order valence-electron chi connectivity index (χ2n) is 7.92. The molecule has 0 aromatic heterocycles. The van der Waals surface area contributed by atoms with Crippen LogP contribution in [0.25, 0.3) is 0 Å². The van der Waals surface area contributed by atoms with Crippen LogP contribution in [-0.2, 0) is 20.9 Å². The van der Waals surface area contributed by atoms with Gasteiger partial charge in [-0.3, -0.25) is 14.4 Å². The van der Waals surface area contributed by atoms with Crippen molar-refractivity contribution in [1.29, 1.82) is 0 Å². The van der Waals surface area contributed by atoms with E-state index in [1.54, 1.807) is 11.8 Å². The van der Waals surface area contributed by atoms with E-state index >= 15 is 0 Å². The van der Waals surface area contributed by atoms with Crippen molar-refractivity contribution in [3.8, 4) is 0 Å². The second-order valence-corrected chi connectivity index (χ2v) is 7.92. The zero-order chi connectivity index (χ0) is 20.8. The van der Waals surface area contributed by atoms with E-state index < -0.39 is 18.1 Å². The molecule has 1 aliphatic heterocycles. The number of nitrogens with zero attached hydrogens (tertiary/aromatic N) is 1. The van der Waals surface area contributed by atoms with Gasteiger partial charge < -0.3 is 21.3 Å². The van der Waals surface area contributed by atoms with Gasteiger partial charge >= 0.3 is 0 Å². The SMILES string of the molecule is Cc1cccc(CNC(=O)[C@@H]2CCCN2C(=O)[C@@H](NC(=O)[C@H](C)N)C(C)C)c1.Cl. The van der Waals surface area contributed by atoms with E-state index in [4.69, 9.17) is 5.73 Å². The van der Waals surface area contributed by atoms with Crippen molar-refractivity contribution in [2.45, 2.75) is 65.2 Å². The highest BCUT2D eigenvalue weighted by Gasteiger charge is 2.38. The molecule has 7 nitrogen and oxygen atoms in total. The Hall–Kier alpha value is -2.12. The van der Waals surface area contributed by atoms with Crippen LogP contribution >= 0.6 is 12.4 Å². The largest absolute Gasteiger partial charge is 0.350 e. The zero-order valence-corrected chi connectivity index (χ0v) is 18.4. The lowest BCUT2D eigenvalue weighted by Gasteiger charge is -2.30. The second kappa shape index (κ2) is 11.2. The third-order valence-corrected chi connectivity index (χ3v) is 5.03. The molecule has 1 heterocycles. The minimum Gasteiger partial charge on any atom is -0.350 e. The lowest BCUT2D eigenvalue weighted by molar-refractivity contribution is -0.142. The number of hydrogen-bond donors (Lipinski definition) is 3. The number of rotatable bonds is 7. The molecule has 2 rings (SSSR count). The van der Waals surface area contributed by atoms with E-state index in [9.17, 15) is 14.4 Å². The third kappa shape index (κ3) is 6.72. The van der Waals surface area contributed by atoms with Gasteiger partial charge in [0, 0.05) is 13.1 Å². The summed E-state index contributed by atoms with van der Waals surface area (Å²) >= 11 is 0. The fraction of sp³-hybridized carbons (Fsp3) is 0.571. The Labute approximate surface area is 179 Å². The van der Waals surface area contributed by atoms with Crippen LogP contribution in [-0.4, -0.2) is 47.3 Å². The molecule has 3 atom stereocenters. The number of nitrogens with one attached hydrogen (secondary N) is 2. The molecule has 0 aliphatic carbocycles. The molecule has 0 saturated carbocycles. The molecule has 8 heteroatoms. The van der Waals surface area contributed by atoms with Gasteiger partial charge in [0.05, 0.1) is 6.04 Å². The number of halogens is 1. The number of amides is 3. The first kappa shape index (κ1) is 24.9. The van der Waals surface area contributed by atoms with Crippen LogP contribution in [0.2, 0.25) is 0 Å². The van der Waals surface area contributed by atoms with Crippen molar-refractivity contribution >= 4 is 30.1 Å². The number of benzene rings is 1. The molecule has 0 bridgehead atoms. The van der Waals surface area contributed by atoms with E-state index in [0.717, 1.165) is 17.5 Å². The van der Waals surface area contributed by atoms with Gasteiger partial charge in [0.2, 0.25) is 17.7 Å². The molecule has 29 heavy (non-hydrogen) atoms. The van der Waals surface area contributed by atoms with Crippen LogP contribution in [0.1, 0.15) is 44.7 Å². The van der Waals surface area contributed by atoms with E-state index in [1.807, 2.05) is 45.0 Å². The summed E-state index contributed by atoms with van der Waals surface area (Å²) in [6.07, 6.45) is 1.39. The summed E-state index contributed by atoms with van der Waals surface area (Å²) in [6.45, 7) is 8.26. The monoisotopic (exact) mass is 424 g/mol. The Morgan fingerprint density at radius 3 is 2.52 bits per heavy atom. The number of aryl methyl sites for hydroxylation is 1. The summed E-state index contributed by atoms with van der Waals surface area (Å²) in [5, 5.41) is 5.67. The first-order valence-corrected chi connectivity index (χ1v) is 9.90. The first-order chi connectivity index (χ1) is 13.2. The highest BCUT2D eigenvalue weighted by molar-refractivity contribution is 5.93. The van der Waals surface area contributed by atoms with Crippen molar-refractivity contribution in [2.75, 3.05) is 6.54 Å². The summed E-state index contributed by atoms with van der Waals surface area (Å²) < 4.78 is 0. The van der Waals surface area contributed by atoms with Crippen molar-refractivity contribution in [3.05, 3.63) is 35.4 Å². The fourth-order valence-corrected chi connectivity index (χ4v) is 3.41. The predicted octanol–water partition coefficient (Wildman–Crippen LogP) is 1.51. The molecule has 0 unspecified atom stereocenters. The molecule has 1 saturated heterocycles. The van der Waals surface area contributed by atoms with Gasteiger partial charge in [-0.25, -0.2) is 0 Å². The normalized spacial score (nSPS) is 18.0. The average molecular weight is 425 g/mol. The van der Waals surface area contributed by atoms with Crippen LogP contribution in [0.4, 0.5) is 0 Å². The van der Waals surface area contributed by atoms with E-state index in [1.165, 1.54) is 0 Å². The standard InChI is InChI=1S/C21H32N4O3.ClH/c1-13(2)18(24-19(26)15(4)22)21(28)25-10-6-9-17(25)20(27)23-12-16-8-5-7-14(3)11-16;/h5,7-8,11,13,15,17-18H,6,9-10,12,22H2,1-4H3,(H,23,27)(H,24,26);1H/t15-,17-,18-;/m0./s1. The average Bonchev–Trinajstić information content (AvgIpc) is 3.13. The summed E-state index contributed by atoms with van der Waals surface area (Å²) in [7, 11) is 0. The molecule has 1 aromatic carbocycles. The number of nitrogens with two attached hydrogens (primary N) is 1. The molecular weight excluding hydrogens is 392 g/mol. The van der Waals surface area contributed by atoms with Crippen molar-refractivity contribution in [2.24, 2.45) is 11.7 Å². The van der Waals surface area contributed by atoms with Crippen LogP contribution < -0.4 is 16.4 Å². The maximum absolute atomic E-state index is 13.1. The smallest absolute Gasteiger partial charge is 0.246 e. The van der Waals surface area contributed by atoms with Gasteiger partial charge in [0.15, 0.2) is 0 Å². The van der Waals surface area contributed by atoms with Gasteiger partial charge in [0.25, 0.3) is 0 Å². The molecule has 1 fully saturated rings. The lowest BCUT2D eigenvalue weighted by Crippen LogP contribution is -2.56. The number of likely N-dealkylation sites (tertiary alicyclic amines) is 1. The topological polar surface area (TPSA) is 105 Å². The maximum Gasteiger partial charge on any atom is 0.246 e. The van der Waals surface area contributed by atoms with Crippen LogP contribution in [0.15, 0.2) is 24.3 Å². The van der Waals surface area contributed by atoms with Gasteiger partial charge in [-0.15, -0.1) is 12.4 Å². The third-order valence-electron chi connectivity index (χ3n) is 5.03. The molecule has 0 radical (unpaired) electrons. The molecule has 3 amide bonds. The Bertz CT molecular complexity index is 724. The predicted molar refractivity (Wildman–Crippen MR) is 115 cm³/mol. The quantitative estimate of drug-likeness (QED) is 0.617. The van der Waals surface area contributed by atoms with Crippen LogP contribution in [0.3, 0.4) is 0 Å². The summed E-state index contributed by atoms with van der Waals surface area (Å²) in [5.41, 5.74) is 7.77. The van der Waals surface area contributed by atoms with Crippen LogP contribution in [0.5, 0.6) is 0 Å². The Balaban J connectivity index is 0.00000420. The first-order valence-electron chi connectivity index (χ1n) is 9.90. The minimum absolute atomic E-state index is 0. The van der Waals surface area contributed by atoms with Gasteiger partial charge in [-0.1, -0.05) is 43.7 Å². The van der Waals surface area contributed by atoms with Gasteiger partial charge in [-0.05, 0) is 38.2 Å². The highest BCUT2D eigenvalue weighted by atomic mass is 35.5. The summed E-state index contributed by atoms with van der Waals surface area (Å²) in [5.74, 6) is -0.857. The Kier molecular flexibility index (Phi) is 9.59. The number of hydrogen-bond acceptors (Lipinski definition) is 4. The van der Waals surface area contributed by atoms with Crippen molar-refractivity contribution in [3.63, 3.8) is 0 Å². The summed E-state index contributed by atoms with van der Waals surface area (Å²) in [4.78, 5) is 39.4. The van der Waals surface area contributed by atoms with E-state index in [0.29, 0.717) is 19.5 Å². The van der Waals surface area contributed by atoms with Crippen molar-refractivity contribution < 1.29 is 14.4 Å². The summed E-state index contributed by atoms with van der Waals surface area (Å²) in [6, 6.07) is 6.05. The molecular formula is C21H33ClN4O3. The fourth-order valence-electron chi connectivity index (χ4n) is 3.41. The maximum atomic E-state index is 13.1. The lowest BCUT2D eigenvalue weighted by atomic mass is 10.0. The van der Waals surface area contributed by atoms with Crippen LogP contribution in [0, 0.1) is 12.8 Å². The van der Waals surface area contributed by atoms with E-state index in [-0.39, 0.29) is 36.0 Å². The Morgan fingerprint density at radius 1 is 1.24 bits per heavy atom.